The van der Waals surface area contributed by atoms with E-state index in [4.69, 9.17) is 4.74 Å². The second kappa shape index (κ2) is 8.38. The van der Waals surface area contributed by atoms with Gasteiger partial charge in [-0.2, -0.15) is 13.2 Å². The lowest BCUT2D eigenvalue weighted by Crippen LogP contribution is -2.31. The van der Waals surface area contributed by atoms with E-state index < -0.39 is 23.6 Å². The van der Waals surface area contributed by atoms with E-state index in [0.29, 0.717) is 18.8 Å². The summed E-state index contributed by atoms with van der Waals surface area (Å²) in [5, 5.41) is 2.65. The van der Waals surface area contributed by atoms with Gasteiger partial charge in [0.05, 0.1) is 29.5 Å². The minimum absolute atomic E-state index is 0.0492. The fourth-order valence-corrected chi connectivity index (χ4v) is 3.65. The number of methoxy groups -OCH3 is 1. The number of hydrogen-bond acceptors (Lipinski definition) is 4. The molecule has 2 amide bonds. The van der Waals surface area contributed by atoms with E-state index in [1.807, 2.05) is 4.90 Å². The molecular weight excluding hydrogens is 375 g/mol. The molecule has 1 N–H and O–H groups in total. The molecule has 1 aromatic carbocycles. The topological polar surface area (TPSA) is 61.9 Å². The first-order valence-electron chi connectivity index (χ1n) is 9.33. The quantitative estimate of drug-likeness (QED) is 0.799. The molecule has 154 valence electrons. The van der Waals surface area contributed by atoms with Crippen molar-refractivity contribution >= 4 is 23.2 Å². The summed E-state index contributed by atoms with van der Waals surface area (Å²) >= 11 is 0. The average Bonchev–Trinajstić information content (AvgIpc) is 3.29. The molecule has 0 saturated carbocycles. The molecule has 0 spiro atoms. The summed E-state index contributed by atoms with van der Waals surface area (Å²) < 4.78 is 44.4. The highest BCUT2D eigenvalue weighted by atomic mass is 19.4. The third-order valence-corrected chi connectivity index (χ3v) is 5.18. The van der Waals surface area contributed by atoms with E-state index >= 15 is 0 Å². The molecule has 2 aliphatic rings. The van der Waals surface area contributed by atoms with E-state index in [1.54, 1.807) is 4.90 Å². The molecule has 3 rings (SSSR count). The van der Waals surface area contributed by atoms with Crippen LogP contribution in [0.15, 0.2) is 18.2 Å². The molecule has 28 heavy (non-hydrogen) atoms. The first-order valence-corrected chi connectivity index (χ1v) is 9.33. The van der Waals surface area contributed by atoms with Crippen molar-refractivity contribution < 1.29 is 27.5 Å². The van der Waals surface area contributed by atoms with E-state index in [9.17, 15) is 22.8 Å². The van der Waals surface area contributed by atoms with E-state index in [2.05, 4.69) is 5.32 Å². The third kappa shape index (κ3) is 4.57. The first kappa shape index (κ1) is 20.4. The van der Waals surface area contributed by atoms with Crippen molar-refractivity contribution in [3.05, 3.63) is 23.8 Å². The fraction of sp³-hybridized carbons (Fsp3) is 0.579. The predicted octanol–water partition coefficient (Wildman–Crippen LogP) is 2.74. The Hall–Kier alpha value is -2.29. The summed E-state index contributed by atoms with van der Waals surface area (Å²) in [6.45, 7) is 2.47. The van der Waals surface area contributed by atoms with Crippen LogP contribution in [0.1, 0.15) is 24.8 Å². The molecule has 0 aromatic heterocycles. The number of halogens is 3. The van der Waals surface area contributed by atoms with Crippen LogP contribution in [0.5, 0.6) is 0 Å². The highest BCUT2D eigenvalue weighted by Crippen LogP contribution is 2.37. The van der Waals surface area contributed by atoms with Crippen molar-refractivity contribution in [3.63, 3.8) is 0 Å². The predicted molar refractivity (Wildman–Crippen MR) is 98.1 cm³/mol. The van der Waals surface area contributed by atoms with Gasteiger partial charge in [-0.3, -0.25) is 9.59 Å². The van der Waals surface area contributed by atoms with Gasteiger partial charge in [-0.25, -0.2) is 0 Å². The number of ether oxygens (including phenoxy) is 1. The Morgan fingerprint density at radius 1 is 1.29 bits per heavy atom. The molecule has 2 saturated heterocycles. The minimum atomic E-state index is -4.50. The summed E-state index contributed by atoms with van der Waals surface area (Å²) in [6.07, 6.45) is -2.53. The Labute approximate surface area is 161 Å². The second-order valence-corrected chi connectivity index (χ2v) is 7.15. The third-order valence-electron chi connectivity index (χ3n) is 5.18. The number of carbonyl (C=O) groups is 2. The van der Waals surface area contributed by atoms with Gasteiger partial charge in [0.2, 0.25) is 11.8 Å². The van der Waals surface area contributed by atoms with Gasteiger partial charge in [-0.15, -0.1) is 0 Å². The van der Waals surface area contributed by atoms with Crippen LogP contribution in [0.4, 0.5) is 24.5 Å². The maximum atomic E-state index is 13.1. The van der Waals surface area contributed by atoms with Gasteiger partial charge in [-0.1, -0.05) is 0 Å². The number of benzene rings is 1. The van der Waals surface area contributed by atoms with Crippen LogP contribution >= 0.6 is 0 Å². The number of rotatable bonds is 6. The molecule has 6 nitrogen and oxygen atoms in total. The SMILES string of the molecule is COCCN1CC(C(=O)Nc2cc(C(F)(F)F)ccc2N2CCCC2)CC1=O. The summed E-state index contributed by atoms with van der Waals surface area (Å²) in [5.74, 6) is -1.18. The number of nitrogens with zero attached hydrogens (tertiary/aromatic N) is 2. The number of anilines is 2. The molecule has 2 fully saturated rings. The maximum Gasteiger partial charge on any atom is 0.416 e. The van der Waals surface area contributed by atoms with Crippen LogP contribution in [0.3, 0.4) is 0 Å². The van der Waals surface area contributed by atoms with Crippen LogP contribution < -0.4 is 10.2 Å². The van der Waals surface area contributed by atoms with Crippen LogP contribution in [0, 0.1) is 5.92 Å². The zero-order chi connectivity index (χ0) is 20.3. The lowest BCUT2D eigenvalue weighted by molar-refractivity contribution is -0.137. The van der Waals surface area contributed by atoms with Gasteiger partial charge in [0.25, 0.3) is 0 Å². The van der Waals surface area contributed by atoms with Crippen molar-refractivity contribution in [2.45, 2.75) is 25.4 Å². The molecule has 0 bridgehead atoms. The van der Waals surface area contributed by atoms with Gasteiger partial charge in [-0.05, 0) is 31.0 Å². The Morgan fingerprint density at radius 3 is 2.64 bits per heavy atom. The van der Waals surface area contributed by atoms with Gasteiger partial charge < -0.3 is 19.9 Å². The molecule has 0 radical (unpaired) electrons. The second-order valence-electron chi connectivity index (χ2n) is 7.15. The van der Waals surface area contributed by atoms with Gasteiger partial charge >= 0.3 is 6.18 Å². The van der Waals surface area contributed by atoms with E-state index in [-0.39, 0.29) is 24.6 Å². The zero-order valence-electron chi connectivity index (χ0n) is 15.7. The normalized spacial score (nSPS) is 20.1. The van der Waals surface area contributed by atoms with Crippen molar-refractivity contribution in [1.29, 1.82) is 0 Å². The molecule has 9 heteroatoms. The van der Waals surface area contributed by atoms with Crippen LogP contribution in [-0.2, 0) is 20.5 Å². The summed E-state index contributed by atoms with van der Waals surface area (Å²) in [6, 6.07) is 3.42. The molecule has 1 unspecified atom stereocenters. The zero-order valence-corrected chi connectivity index (χ0v) is 15.7. The number of carbonyl (C=O) groups excluding carboxylic acids is 2. The molecule has 2 heterocycles. The largest absolute Gasteiger partial charge is 0.416 e. The molecular formula is C19H24F3N3O3. The van der Waals surface area contributed by atoms with Crippen LogP contribution in [-0.4, -0.2) is 56.6 Å². The number of likely N-dealkylation sites (tertiary alicyclic amines) is 1. The number of amides is 2. The molecule has 1 atom stereocenters. The Balaban J connectivity index is 1.78. The number of alkyl halides is 3. The van der Waals surface area contributed by atoms with Gasteiger partial charge in [0, 0.05) is 39.7 Å². The van der Waals surface area contributed by atoms with Crippen molar-refractivity contribution in [3.8, 4) is 0 Å². The lowest BCUT2D eigenvalue weighted by atomic mass is 10.1. The Morgan fingerprint density at radius 2 is 2.00 bits per heavy atom. The smallest absolute Gasteiger partial charge is 0.383 e. The lowest BCUT2D eigenvalue weighted by Gasteiger charge is -2.23. The van der Waals surface area contributed by atoms with Crippen LogP contribution in [0.2, 0.25) is 0 Å². The summed E-state index contributed by atoms with van der Waals surface area (Å²) in [4.78, 5) is 28.2. The maximum absolute atomic E-state index is 13.1. The minimum Gasteiger partial charge on any atom is -0.383 e. The van der Waals surface area contributed by atoms with Crippen LogP contribution in [0.25, 0.3) is 0 Å². The Kier molecular flexibility index (Phi) is 6.12. The highest BCUT2D eigenvalue weighted by Gasteiger charge is 2.35. The molecule has 0 aliphatic carbocycles. The van der Waals surface area contributed by atoms with Crippen molar-refractivity contribution in [1.82, 2.24) is 4.90 Å². The fourth-order valence-electron chi connectivity index (χ4n) is 3.65. The van der Waals surface area contributed by atoms with Crippen molar-refractivity contribution in [2.75, 3.05) is 50.1 Å². The van der Waals surface area contributed by atoms with Gasteiger partial charge in [0.1, 0.15) is 0 Å². The monoisotopic (exact) mass is 399 g/mol. The van der Waals surface area contributed by atoms with E-state index in [1.165, 1.54) is 13.2 Å². The van der Waals surface area contributed by atoms with Crippen molar-refractivity contribution in [2.24, 2.45) is 5.92 Å². The standard InChI is InChI=1S/C19H24F3N3O3/c1-28-9-8-25-12-13(10-17(25)26)18(27)23-15-11-14(19(20,21)22)4-5-16(15)24-6-2-3-7-24/h4-5,11,13H,2-3,6-10,12H2,1H3,(H,23,27). The highest BCUT2D eigenvalue weighted by molar-refractivity contribution is 5.99. The molecule has 1 aromatic rings. The van der Waals surface area contributed by atoms with Gasteiger partial charge in [0.15, 0.2) is 0 Å². The summed E-state index contributed by atoms with van der Waals surface area (Å²) in [5.41, 5.74) is -0.0844. The Bertz CT molecular complexity index is 733. The number of nitrogens with one attached hydrogen (secondary N) is 1. The van der Waals surface area contributed by atoms with E-state index in [0.717, 1.165) is 38.1 Å². The molecule has 2 aliphatic heterocycles. The summed E-state index contributed by atoms with van der Waals surface area (Å²) in [7, 11) is 1.53. The number of hydrogen-bond donors (Lipinski definition) is 1. The first-order chi connectivity index (χ1) is 13.3. The average molecular weight is 399 g/mol.